The van der Waals surface area contributed by atoms with Gasteiger partial charge in [0.15, 0.2) is 0 Å². The van der Waals surface area contributed by atoms with Gasteiger partial charge in [-0.05, 0) is 130 Å². The van der Waals surface area contributed by atoms with E-state index in [2.05, 4.69) is 218 Å². The second-order valence-electron chi connectivity index (χ2n) is 17.0. The zero-order chi connectivity index (χ0) is 39.9. The number of ether oxygens (including phenoxy) is 1. The fourth-order valence-electron chi connectivity index (χ4n) is 12.0. The Kier molecular flexibility index (Phi) is 6.48. The first kappa shape index (κ1) is 33.1. The fraction of sp³-hybridized carbons (Fsp3) is 0.0333. The van der Waals surface area contributed by atoms with Gasteiger partial charge in [0.1, 0.15) is 11.5 Å². The molecule has 0 saturated heterocycles. The molecule has 0 amide bonds. The van der Waals surface area contributed by atoms with Gasteiger partial charge in [-0.25, -0.2) is 0 Å². The first-order chi connectivity index (χ1) is 30.2. The van der Waals surface area contributed by atoms with Crippen molar-refractivity contribution in [3.05, 3.63) is 263 Å². The minimum Gasteiger partial charge on any atom is -0.457 e. The predicted octanol–water partition coefficient (Wildman–Crippen LogP) is 15.0. The van der Waals surface area contributed by atoms with Crippen molar-refractivity contribution in [1.29, 1.82) is 0 Å². The lowest BCUT2D eigenvalue weighted by Gasteiger charge is -2.39. The average Bonchev–Trinajstić information content (AvgIpc) is 3.92. The molecule has 0 fully saturated rings. The number of benzene rings is 10. The van der Waals surface area contributed by atoms with Crippen molar-refractivity contribution in [3.8, 4) is 67.1 Å². The molecule has 1 heteroatoms. The molecule has 4 aliphatic rings. The summed E-state index contributed by atoms with van der Waals surface area (Å²) in [5.74, 6) is 1.81. The molecule has 282 valence electrons. The van der Waals surface area contributed by atoms with Crippen LogP contribution in [0.4, 0.5) is 0 Å². The standard InChI is InChI=1S/C60H36O/c1-2-17-42-37(14-1)29-32-53-58(42)47-21-6-10-25-51(47)60(53)50-24-9-5-20-45(50)46-31-28-40(35-54(46)60)38-15-13-16-39(34-38)41-30-33-57-55(36-41)59(52-26-11-12-27-56(52)61-57)48-22-7-3-18-43(48)44-19-4-8-23-49(44)59/h1-36H. The molecular formula is C60H36O. The van der Waals surface area contributed by atoms with E-state index in [0.717, 1.165) is 11.5 Å². The van der Waals surface area contributed by atoms with Crippen molar-refractivity contribution in [2.75, 3.05) is 0 Å². The third-order valence-corrected chi connectivity index (χ3v) is 14.4. The van der Waals surface area contributed by atoms with Crippen molar-refractivity contribution in [1.82, 2.24) is 0 Å². The molecule has 61 heavy (non-hydrogen) atoms. The van der Waals surface area contributed by atoms with Gasteiger partial charge in [0.05, 0.1) is 10.8 Å². The Bertz CT molecular complexity index is 3490. The Morgan fingerprint density at radius 2 is 0.738 bits per heavy atom. The van der Waals surface area contributed by atoms with Gasteiger partial charge >= 0.3 is 0 Å². The lowest BCUT2D eigenvalue weighted by molar-refractivity contribution is 0.436. The lowest BCUT2D eigenvalue weighted by atomic mass is 9.66. The number of para-hydroxylation sites is 1. The van der Waals surface area contributed by atoms with E-state index in [4.69, 9.17) is 4.74 Å². The smallest absolute Gasteiger partial charge is 0.132 e. The Hall–Kier alpha value is -7.74. The van der Waals surface area contributed by atoms with Crippen LogP contribution >= 0.6 is 0 Å². The first-order valence-corrected chi connectivity index (χ1v) is 21.3. The topological polar surface area (TPSA) is 9.23 Å². The molecule has 0 aromatic heterocycles. The molecule has 1 unspecified atom stereocenters. The van der Waals surface area contributed by atoms with Gasteiger partial charge in [-0.3, -0.25) is 0 Å². The van der Waals surface area contributed by atoms with Gasteiger partial charge < -0.3 is 4.74 Å². The number of rotatable bonds is 2. The van der Waals surface area contributed by atoms with Crippen LogP contribution in [0.3, 0.4) is 0 Å². The van der Waals surface area contributed by atoms with E-state index in [-0.39, 0.29) is 0 Å². The van der Waals surface area contributed by atoms with Gasteiger partial charge in [-0.1, -0.05) is 188 Å². The summed E-state index contributed by atoms with van der Waals surface area (Å²) in [6, 6.07) is 81.4. The van der Waals surface area contributed by atoms with Gasteiger partial charge in [0.2, 0.25) is 0 Å². The molecule has 1 heterocycles. The van der Waals surface area contributed by atoms with E-state index in [0.29, 0.717) is 0 Å². The van der Waals surface area contributed by atoms with Crippen molar-refractivity contribution >= 4 is 10.8 Å². The predicted molar refractivity (Wildman–Crippen MR) is 248 cm³/mol. The second kappa shape index (κ2) is 11.9. The highest BCUT2D eigenvalue weighted by Gasteiger charge is 2.53. The summed E-state index contributed by atoms with van der Waals surface area (Å²) in [7, 11) is 0. The van der Waals surface area contributed by atoms with E-state index < -0.39 is 10.8 Å². The van der Waals surface area contributed by atoms with Crippen LogP contribution in [0.5, 0.6) is 11.5 Å². The van der Waals surface area contributed by atoms with Crippen LogP contribution in [-0.4, -0.2) is 0 Å². The van der Waals surface area contributed by atoms with Crippen LogP contribution < -0.4 is 4.74 Å². The van der Waals surface area contributed by atoms with Crippen LogP contribution in [0.15, 0.2) is 218 Å². The third-order valence-electron chi connectivity index (χ3n) is 14.4. The molecule has 10 aromatic rings. The maximum Gasteiger partial charge on any atom is 0.132 e. The van der Waals surface area contributed by atoms with E-state index in [1.807, 2.05) is 0 Å². The maximum atomic E-state index is 6.77. The number of hydrogen-bond donors (Lipinski definition) is 0. The van der Waals surface area contributed by atoms with Crippen molar-refractivity contribution in [2.45, 2.75) is 10.8 Å². The van der Waals surface area contributed by atoms with Gasteiger partial charge in [-0.15, -0.1) is 0 Å². The first-order valence-electron chi connectivity index (χ1n) is 21.3. The Balaban J connectivity index is 0.957. The monoisotopic (exact) mass is 772 g/mol. The summed E-state index contributed by atoms with van der Waals surface area (Å²) < 4.78 is 6.77. The van der Waals surface area contributed by atoms with Crippen molar-refractivity contribution in [3.63, 3.8) is 0 Å². The Labute approximate surface area is 354 Å². The summed E-state index contributed by atoms with van der Waals surface area (Å²) in [6.07, 6.45) is 0. The summed E-state index contributed by atoms with van der Waals surface area (Å²) in [6.45, 7) is 0. The summed E-state index contributed by atoms with van der Waals surface area (Å²) >= 11 is 0. The highest BCUT2D eigenvalue weighted by Crippen LogP contribution is 2.65. The molecule has 1 nitrogen and oxygen atoms in total. The van der Waals surface area contributed by atoms with E-state index in [1.165, 1.54) is 111 Å². The average molecular weight is 773 g/mol. The quantitative estimate of drug-likeness (QED) is 0.170. The zero-order valence-electron chi connectivity index (χ0n) is 33.2. The van der Waals surface area contributed by atoms with Crippen LogP contribution in [0.1, 0.15) is 44.5 Å². The molecule has 1 atom stereocenters. The molecule has 2 spiro atoms. The lowest BCUT2D eigenvalue weighted by Crippen LogP contribution is -2.32. The Morgan fingerprint density at radius 3 is 1.43 bits per heavy atom. The summed E-state index contributed by atoms with van der Waals surface area (Å²) in [4.78, 5) is 0. The van der Waals surface area contributed by atoms with Gasteiger partial charge in [0, 0.05) is 11.1 Å². The third kappa shape index (κ3) is 4.11. The van der Waals surface area contributed by atoms with Gasteiger partial charge in [-0.2, -0.15) is 0 Å². The Morgan fingerprint density at radius 1 is 0.262 bits per heavy atom. The van der Waals surface area contributed by atoms with Crippen LogP contribution in [0, 0.1) is 0 Å². The highest BCUT2D eigenvalue weighted by atomic mass is 16.5. The molecule has 10 aromatic carbocycles. The van der Waals surface area contributed by atoms with Crippen LogP contribution in [0.25, 0.3) is 66.4 Å². The zero-order valence-corrected chi connectivity index (χ0v) is 33.2. The van der Waals surface area contributed by atoms with E-state index in [9.17, 15) is 0 Å². The highest BCUT2D eigenvalue weighted by molar-refractivity contribution is 6.06. The second-order valence-corrected chi connectivity index (χ2v) is 17.0. The largest absolute Gasteiger partial charge is 0.457 e. The normalized spacial score (nSPS) is 16.2. The molecule has 3 aliphatic carbocycles. The molecular weight excluding hydrogens is 737 g/mol. The van der Waals surface area contributed by atoms with E-state index in [1.54, 1.807) is 0 Å². The molecule has 0 saturated carbocycles. The van der Waals surface area contributed by atoms with Crippen molar-refractivity contribution < 1.29 is 4.74 Å². The maximum absolute atomic E-state index is 6.77. The fourth-order valence-corrected chi connectivity index (χ4v) is 12.0. The minimum absolute atomic E-state index is 0.424. The molecule has 0 radical (unpaired) electrons. The molecule has 0 N–H and O–H groups in total. The molecule has 1 aliphatic heterocycles. The molecule has 0 bridgehead atoms. The van der Waals surface area contributed by atoms with Crippen LogP contribution in [-0.2, 0) is 10.8 Å². The SMILES string of the molecule is c1cc(-c2ccc3c(c2)C2(c4ccccc4O3)c3ccccc3-c3ccccc32)cc(-c2ccc3c(c2)C2(c4ccccc4-3)c3ccccc3-c3c2ccc2ccccc32)c1. The number of hydrogen-bond acceptors (Lipinski definition) is 1. The van der Waals surface area contributed by atoms with Crippen LogP contribution in [0.2, 0.25) is 0 Å². The summed E-state index contributed by atoms with van der Waals surface area (Å²) in [5.41, 5.74) is 22.1. The number of fused-ring (bicyclic) bond motifs is 21. The van der Waals surface area contributed by atoms with E-state index >= 15 is 0 Å². The minimum atomic E-state index is -0.506. The molecule has 14 rings (SSSR count). The van der Waals surface area contributed by atoms with Gasteiger partial charge in [0.25, 0.3) is 0 Å². The van der Waals surface area contributed by atoms with Crippen molar-refractivity contribution in [2.24, 2.45) is 0 Å². The summed E-state index contributed by atoms with van der Waals surface area (Å²) in [5, 5.41) is 2.58.